The molecular weight excluding hydrogens is 535 g/mol. The van der Waals surface area contributed by atoms with Crippen LogP contribution in [0.5, 0.6) is 5.75 Å². The molecule has 1 atom stereocenters. The number of anilines is 1. The maximum atomic E-state index is 14.9. The van der Waals surface area contributed by atoms with Gasteiger partial charge in [0, 0.05) is 38.1 Å². The highest BCUT2D eigenvalue weighted by molar-refractivity contribution is 6.34. The zero-order chi connectivity index (χ0) is 28.6. The molecular formula is C29H28ClFN6O3. The van der Waals surface area contributed by atoms with Crippen LogP contribution in [0.3, 0.4) is 0 Å². The Morgan fingerprint density at radius 3 is 2.77 bits per heavy atom. The number of aromatic hydroxyl groups is 1. The van der Waals surface area contributed by atoms with Gasteiger partial charge in [-0.05, 0) is 49.2 Å². The zero-order valence-electron chi connectivity index (χ0n) is 22.1. The van der Waals surface area contributed by atoms with E-state index in [-0.39, 0.29) is 39.6 Å². The van der Waals surface area contributed by atoms with Crippen LogP contribution in [0.2, 0.25) is 5.02 Å². The van der Waals surface area contributed by atoms with Crippen molar-refractivity contribution in [3.63, 3.8) is 0 Å². The van der Waals surface area contributed by atoms with Gasteiger partial charge < -0.3 is 14.9 Å². The minimum absolute atomic E-state index is 0.00406. The first-order chi connectivity index (χ1) is 19.2. The van der Waals surface area contributed by atoms with Crippen molar-refractivity contribution < 1.29 is 14.3 Å². The molecule has 11 heteroatoms. The van der Waals surface area contributed by atoms with E-state index in [0.717, 1.165) is 12.0 Å². The minimum atomic E-state index is -0.705. The number of fused-ring (bicyclic) bond motifs is 1. The molecule has 0 spiro atoms. The molecule has 0 unspecified atom stereocenters. The van der Waals surface area contributed by atoms with Crippen molar-refractivity contribution in [1.82, 2.24) is 24.4 Å². The van der Waals surface area contributed by atoms with E-state index in [9.17, 15) is 19.1 Å². The molecule has 0 saturated carbocycles. The lowest BCUT2D eigenvalue weighted by Crippen LogP contribution is -2.54. The van der Waals surface area contributed by atoms with Crippen LogP contribution in [0.15, 0.2) is 60.2 Å². The highest BCUT2D eigenvalue weighted by Gasteiger charge is 2.30. The summed E-state index contributed by atoms with van der Waals surface area (Å²) in [5.74, 6) is -0.840. The lowest BCUT2D eigenvalue weighted by atomic mass is 10.1. The molecule has 1 saturated heterocycles. The summed E-state index contributed by atoms with van der Waals surface area (Å²) in [6.45, 7) is 8.76. The van der Waals surface area contributed by atoms with Crippen molar-refractivity contribution in [3.8, 4) is 22.7 Å². The van der Waals surface area contributed by atoms with Gasteiger partial charge in [-0.15, -0.1) is 0 Å². The minimum Gasteiger partial charge on any atom is -0.507 e. The van der Waals surface area contributed by atoms with E-state index < -0.39 is 11.5 Å². The van der Waals surface area contributed by atoms with Gasteiger partial charge in [0.25, 0.3) is 0 Å². The highest BCUT2D eigenvalue weighted by atomic mass is 35.5. The van der Waals surface area contributed by atoms with Crippen LogP contribution in [0, 0.1) is 5.82 Å². The number of aromatic nitrogens is 4. The number of benzene rings is 1. The fourth-order valence-electron chi connectivity index (χ4n) is 5.17. The quantitative estimate of drug-likeness (QED) is 0.345. The van der Waals surface area contributed by atoms with Crippen LogP contribution in [0.1, 0.15) is 25.8 Å². The van der Waals surface area contributed by atoms with Gasteiger partial charge in [0.15, 0.2) is 5.65 Å². The Hall–Kier alpha value is -4.31. The first-order valence-electron chi connectivity index (χ1n) is 13.0. The fraction of sp³-hybridized carbons (Fsp3) is 0.276. The molecule has 9 nitrogen and oxygen atoms in total. The Morgan fingerprint density at radius 1 is 1.27 bits per heavy atom. The van der Waals surface area contributed by atoms with Gasteiger partial charge >= 0.3 is 5.69 Å². The van der Waals surface area contributed by atoms with Crippen molar-refractivity contribution in [3.05, 3.63) is 82.3 Å². The summed E-state index contributed by atoms with van der Waals surface area (Å²) in [7, 11) is 0. The molecule has 4 heterocycles. The molecule has 1 amide bonds. The summed E-state index contributed by atoms with van der Waals surface area (Å²) in [4.78, 5) is 43.0. The van der Waals surface area contributed by atoms with Crippen LogP contribution < -0.4 is 10.6 Å². The zero-order valence-corrected chi connectivity index (χ0v) is 22.9. The van der Waals surface area contributed by atoms with Gasteiger partial charge in [0.1, 0.15) is 17.4 Å². The summed E-state index contributed by atoms with van der Waals surface area (Å²) < 4.78 is 16.3. The van der Waals surface area contributed by atoms with E-state index in [1.54, 1.807) is 29.4 Å². The third kappa shape index (κ3) is 4.79. The maximum absolute atomic E-state index is 14.9. The number of phenols is 1. The van der Waals surface area contributed by atoms with Crippen molar-refractivity contribution >= 4 is 34.4 Å². The third-order valence-electron chi connectivity index (χ3n) is 7.05. The first kappa shape index (κ1) is 27.3. The summed E-state index contributed by atoms with van der Waals surface area (Å²) >= 11 is 6.68. The van der Waals surface area contributed by atoms with E-state index >= 15 is 0 Å². The lowest BCUT2D eigenvalue weighted by molar-refractivity contribution is -0.126. The molecule has 4 aromatic rings. The average Bonchev–Trinajstić information content (AvgIpc) is 2.93. The monoisotopic (exact) mass is 562 g/mol. The fourth-order valence-corrected chi connectivity index (χ4v) is 5.41. The lowest BCUT2D eigenvalue weighted by Gasteiger charge is -2.40. The summed E-state index contributed by atoms with van der Waals surface area (Å²) in [6.07, 6.45) is 6.03. The van der Waals surface area contributed by atoms with E-state index in [2.05, 4.69) is 16.5 Å². The first-order valence-corrected chi connectivity index (χ1v) is 13.3. The Kier molecular flexibility index (Phi) is 7.53. The molecule has 3 aromatic heterocycles. The van der Waals surface area contributed by atoms with Crippen molar-refractivity contribution in [2.45, 2.75) is 32.7 Å². The smallest absolute Gasteiger partial charge is 0.355 e. The number of nitrogens with zero attached hydrogens (tertiary/aromatic N) is 6. The van der Waals surface area contributed by atoms with Crippen molar-refractivity contribution in [2.24, 2.45) is 0 Å². The second-order valence-corrected chi connectivity index (χ2v) is 10.1. The van der Waals surface area contributed by atoms with Crippen LogP contribution in [0.25, 0.3) is 28.0 Å². The Labute approximate surface area is 235 Å². The SMILES string of the molecule is C=CC(=O)N1CCN(c2nc(=O)n(-c3ccncc3CCC)c3nc(-c4c(O)cccc4F)c(Cl)cc23)[C@@H](C)C1. The van der Waals surface area contributed by atoms with Gasteiger partial charge in [-0.3, -0.25) is 9.78 Å². The number of pyridine rings is 2. The molecule has 1 aromatic carbocycles. The predicted octanol–water partition coefficient (Wildman–Crippen LogP) is 4.52. The standard InChI is InChI=1S/C29H28ClFN6O3/c1-4-7-18-15-32-11-10-22(18)37-28-19(14-20(30)26(33-28)25-21(31)8-6-9-23(25)38)27(34-29(37)40)36-13-12-35(16-17(36)3)24(39)5-2/h5-6,8-11,14-15,17,38H,2,4,7,12-13,16H2,1,3H3/t17-/m0/s1. The second-order valence-electron chi connectivity index (χ2n) is 9.66. The van der Waals surface area contributed by atoms with E-state index in [1.807, 2.05) is 18.7 Å². The van der Waals surface area contributed by atoms with Crippen LogP contribution >= 0.6 is 11.6 Å². The number of halogens is 2. The molecule has 0 bridgehead atoms. The van der Waals surface area contributed by atoms with Gasteiger partial charge in [0.05, 0.1) is 27.4 Å². The highest BCUT2D eigenvalue weighted by Crippen LogP contribution is 2.38. The number of carbonyl (C=O) groups excluding carboxylic acids is 1. The number of carbonyl (C=O) groups is 1. The molecule has 1 N–H and O–H groups in total. The maximum Gasteiger partial charge on any atom is 0.355 e. The van der Waals surface area contributed by atoms with Gasteiger partial charge in [-0.2, -0.15) is 4.98 Å². The number of aryl methyl sites for hydroxylation is 1. The normalized spacial score (nSPS) is 15.4. The van der Waals surface area contributed by atoms with Crippen LogP contribution in [-0.4, -0.2) is 61.1 Å². The summed E-state index contributed by atoms with van der Waals surface area (Å²) in [5.41, 5.74) is 0.827. The van der Waals surface area contributed by atoms with Gasteiger partial charge in [-0.1, -0.05) is 37.6 Å². The van der Waals surface area contributed by atoms with Crippen molar-refractivity contribution in [1.29, 1.82) is 0 Å². The number of hydrogen-bond donors (Lipinski definition) is 1. The van der Waals surface area contributed by atoms with Gasteiger partial charge in [-0.25, -0.2) is 18.7 Å². The number of rotatable bonds is 6. The largest absolute Gasteiger partial charge is 0.507 e. The van der Waals surface area contributed by atoms with E-state index in [1.165, 1.54) is 28.8 Å². The average molecular weight is 563 g/mol. The van der Waals surface area contributed by atoms with E-state index in [0.29, 0.717) is 42.9 Å². The molecule has 0 aliphatic carbocycles. The molecule has 40 heavy (non-hydrogen) atoms. The van der Waals surface area contributed by atoms with Crippen LogP contribution in [-0.2, 0) is 11.2 Å². The van der Waals surface area contributed by atoms with Gasteiger partial charge in [0.2, 0.25) is 5.91 Å². The number of phenolic OH excluding ortho intramolecular Hbond substituents is 1. The Balaban J connectivity index is 1.79. The number of hydrogen-bond acceptors (Lipinski definition) is 7. The Morgan fingerprint density at radius 2 is 2.08 bits per heavy atom. The predicted molar refractivity (Wildman–Crippen MR) is 153 cm³/mol. The summed E-state index contributed by atoms with van der Waals surface area (Å²) in [5, 5.41) is 11.1. The molecule has 0 radical (unpaired) electrons. The number of amides is 1. The van der Waals surface area contributed by atoms with Crippen LogP contribution in [0.4, 0.5) is 10.2 Å². The molecule has 1 aliphatic rings. The Bertz CT molecular complexity index is 1670. The number of piperazine rings is 1. The summed E-state index contributed by atoms with van der Waals surface area (Å²) in [6, 6.07) is 7.06. The van der Waals surface area contributed by atoms with E-state index in [4.69, 9.17) is 16.6 Å². The second kappa shape index (κ2) is 11.1. The molecule has 206 valence electrons. The molecule has 5 rings (SSSR count). The topological polar surface area (TPSA) is 104 Å². The molecule has 1 fully saturated rings. The third-order valence-corrected chi connectivity index (χ3v) is 7.34. The molecule has 1 aliphatic heterocycles. The van der Waals surface area contributed by atoms with Crippen molar-refractivity contribution in [2.75, 3.05) is 24.5 Å².